The number of hydrogen-bond donors (Lipinski definition) is 2. The van der Waals surface area contributed by atoms with Crippen molar-refractivity contribution in [2.45, 2.75) is 56.4 Å². The van der Waals surface area contributed by atoms with Gasteiger partial charge in [-0.25, -0.2) is 0 Å². The number of aliphatic hydroxyl groups is 1. The van der Waals surface area contributed by atoms with Gasteiger partial charge in [-0.3, -0.25) is 0 Å². The van der Waals surface area contributed by atoms with Gasteiger partial charge in [-0.15, -0.1) is 0 Å². The van der Waals surface area contributed by atoms with Gasteiger partial charge < -0.3 is 20.1 Å². The maximum atomic E-state index is 10.5. The van der Waals surface area contributed by atoms with Gasteiger partial charge in [0.2, 0.25) is 0 Å². The molecule has 1 aliphatic carbocycles. The highest BCUT2D eigenvalue weighted by molar-refractivity contribution is 5.14. The number of nitrogens with zero attached hydrogens (tertiary/aromatic N) is 1. The first-order valence-electron chi connectivity index (χ1n) is 9.00. The normalized spacial score (nSPS) is 28.7. The second-order valence-corrected chi connectivity index (χ2v) is 7.11. The van der Waals surface area contributed by atoms with Crippen molar-refractivity contribution in [3.8, 4) is 0 Å². The lowest BCUT2D eigenvalue weighted by molar-refractivity contribution is 0.0200. The van der Waals surface area contributed by atoms with Crippen molar-refractivity contribution in [1.29, 1.82) is 0 Å². The summed E-state index contributed by atoms with van der Waals surface area (Å²) < 4.78 is 5.86. The molecular formula is C19H30N2O2. The predicted molar refractivity (Wildman–Crippen MR) is 92.6 cm³/mol. The minimum absolute atomic E-state index is 0.0744. The summed E-state index contributed by atoms with van der Waals surface area (Å²) in [4.78, 5) is 2.26. The van der Waals surface area contributed by atoms with E-state index in [1.807, 2.05) is 6.07 Å². The molecule has 3 atom stereocenters. The van der Waals surface area contributed by atoms with Crippen LogP contribution in [0.25, 0.3) is 0 Å². The molecule has 2 N–H and O–H groups in total. The van der Waals surface area contributed by atoms with E-state index in [4.69, 9.17) is 4.74 Å². The van der Waals surface area contributed by atoms with Crippen molar-refractivity contribution < 1.29 is 9.84 Å². The SMILES string of the molecule is CN(CCc1ccccc1)CC1OCC(NC2CCCC2)C1O. The minimum Gasteiger partial charge on any atom is -0.389 e. The van der Waals surface area contributed by atoms with Crippen molar-refractivity contribution >= 4 is 0 Å². The third-order valence-electron chi connectivity index (χ3n) is 5.20. The second-order valence-electron chi connectivity index (χ2n) is 7.11. The summed E-state index contributed by atoms with van der Waals surface area (Å²) in [5, 5.41) is 14.1. The summed E-state index contributed by atoms with van der Waals surface area (Å²) in [6, 6.07) is 11.2. The summed E-state index contributed by atoms with van der Waals surface area (Å²) in [7, 11) is 2.11. The molecule has 1 aliphatic heterocycles. The highest BCUT2D eigenvalue weighted by Crippen LogP contribution is 2.22. The Labute approximate surface area is 139 Å². The average Bonchev–Trinajstić information content (AvgIpc) is 3.19. The Morgan fingerprint density at radius 2 is 1.96 bits per heavy atom. The van der Waals surface area contributed by atoms with Gasteiger partial charge in [-0.05, 0) is 31.9 Å². The zero-order chi connectivity index (χ0) is 16.1. The molecule has 4 heteroatoms. The fourth-order valence-electron chi connectivity index (χ4n) is 3.75. The molecule has 3 rings (SSSR count). The highest BCUT2D eigenvalue weighted by atomic mass is 16.5. The van der Waals surface area contributed by atoms with Crippen molar-refractivity contribution in [3.63, 3.8) is 0 Å². The summed E-state index contributed by atoms with van der Waals surface area (Å²) in [5.74, 6) is 0. The topological polar surface area (TPSA) is 44.7 Å². The Morgan fingerprint density at radius 1 is 1.22 bits per heavy atom. The molecule has 3 unspecified atom stereocenters. The van der Waals surface area contributed by atoms with Crippen LogP contribution in [0.2, 0.25) is 0 Å². The largest absolute Gasteiger partial charge is 0.389 e. The lowest BCUT2D eigenvalue weighted by atomic mass is 10.1. The molecule has 0 aromatic heterocycles. The first-order chi connectivity index (χ1) is 11.2. The van der Waals surface area contributed by atoms with E-state index in [0.717, 1.165) is 19.5 Å². The van der Waals surface area contributed by atoms with Crippen LogP contribution in [0.4, 0.5) is 0 Å². The number of ether oxygens (including phenoxy) is 1. The van der Waals surface area contributed by atoms with Crippen LogP contribution in [-0.4, -0.2) is 61.0 Å². The fourth-order valence-corrected chi connectivity index (χ4v) is 3.75. The number of hydrogen-bond acceptors (Lipinski definition) is 4. The molecule has 0 bridgehead atoms. The third-order valence-corrected chi connectivity index (χ3v) is 5.20. The van der Waals surface area contributed by atoms with Crippen LogP contribution in [-0.2, 0) is 11.2 Å². The maximum absolute atomic E-state index is 10.5. The van der Waals surface area contributed by atoms with Gasteiger partial charge in [0, 0.05) is 19.1 Å². The van der Waals surface area contributed by atoms with Gasteiger partial charge in [0.25, 0.3) is 0 Å². The molecule has 23 heavy (non-hydrogen) atoms. The van der Waals surface area contributed by atoms with E-state index >= 15 is 0 Å². The van der Waals surface area contributed by atoms with Gasteiger partial charge >= 0.3 is 0 Å². The second kappa shape index (κ2) is 8.25. The zero-order valence-electron chi connectivity index (χ0n) is 14.2. The molecule has 1 saturated carbocycles. The Morgan fingerprint density at radius 3 is 2.70 bits per heavy atom. The standard InChI is InChI=1S/C19H30N2O2/c1-21(12-11-15-7-3-2-4-8-15)13-18-19(22)17(14-23-18)20-16-9-5-6-10-16/h2-4,7-8,16-20,22H,5-6,9-14H2,1H3. The minimum atomic E-state index is -0.394. The van der Waals surface area contributed by atoms with Crippen molar-refractivity contribution in [1.82, 2.24) is 10.2 Å². The van der Waals surface area contributed by atoms with E-state index in [-0.39, 0.29) is 12.1 Å². The van der Waals surface area contributed by atoms with Gasteiger partial charge in [-0.2, -0.15) is 0 Å². The Bertz CT molecular complexity index is 462. The van der Waals surface area contributed by atoms with Crippen LogP contribution >= 0.6 is 0 Å². The summed E-state index contributed by atoms with van der Waals surface area (Å²) >= 11 is 0. The van der Waals surface area contributed by atoms with E-state index in [2.05, 4.69) is 41.5 Å². The molecule has 2 fully saturated rings. The van der Waals surface area contributed by atoms with Crippen LogP contribution in [0.3, 0.4) is 0 Å². The van der Waals surface area contributed by atoms with E-state index in [1.165, 1.54) is 31.2 Å². The number of likely N-dealkylation sites (N-methyl/N-ethyl adjacent to an activating group) is 1. The first kappa shape index (κ1) is 16.9. The molecule has 0 radical (unpaired) electrons. The number of rotatable bonds is 7. The van der Waals surface area contributed by atoms with Gasteiger partial charge in [0.15, 0.2) is 0 Å². The molecule has 128 valence electrons. The van der Waals surface area contributed by atoms with Crippen molar-refractivity contribution in [3.05, 3.63) is 35.9 Å². The van der Waals surface area contributed by atoms with Crippen molar-refractivity contribution in [2.75, 3.05) is 26.7 Å². The molecule has 1 aromatic rings. The molecule has 2 aliphatic rings. The lowest BCUT2D eigenvalue weighted by Gasteiger charge is -2.25. The molecule has 1 saturated heterocycles. The first-order valence-corrected chi connectivity index (χ1v) is 9.00. The smallest absolute Gasteiger partial charge is 0.0989 e. The molecule has 1 heterocycles. The number of aliphatic hydroxyl groups excluding tert-OH is 1. The lowest BCUT2D eigenvalue weighted by Crippen LogP contribution is -2.47. The molecule has 1 aromatic carbocycles. The van der Waals surface area contributed by atoms with Crippen LogP contribution in [0.1, 0.15) is 31.2 Å². The molecule has 0 spiro atoms. The number of nitrogens with one attached hydrogen (secondary N) is 1. The van der Waals surface area contributed by atoms with Gasteiger partial charge in [0.05, 0.1) is 24.9 Å². The van der Waals surface area contributed by atoms with Gasteiger partial charge in [0.1, 0.15) is 0 Å². The summed E-state index contributed by atoms with van der Waals surface area (Å²) in [6.45, 7) is 2.41. The van der Waals surface area contributed by atoms with Crippen LogP contribution < -0.4 is 5.32 Å². The summed E-state index contributed by atoms with van der Waals surface area (Å²) in [6.07, 6.45) is 5.67. The third kappa shape index (κ3) is 4.77. The monoisotopic (exact) mass is 318 g/mol. The van der Waals surface area contributed by atoms with E-state index < -0.39 is 6.10 Å². The summed E-state index contributed by atoms with van der Waals surface area (Å²) in [5.41, 5.74) is 1.35. The Balaban J connectivity index is 1.40. The number of benzene rings is 1. The van der Waals surface area contributed by atoms with Crippen LogP contribution in [0, 0.1) is 0 Å². The van der Waals surface area contributed by atoms with Crippen LogP contribution in [0.5, 0.6) is 0 Å². The zero-order valence-corrected chi connectivity index (χ0v) is 14.2. The molecule has 4 nitrogen and oxygen atoms in total. The predicted octanol–water partition coefficient (Wildman–Crippen LogP) is 1.82. The van der Waals surface area contributed by atoms with Crippen molar-refractivity contribution in [2.24, 2.45) is 0 Å². The average molecular weight is 318 g/mol. The molecular weight excluding hydrogens is 288 g/mol. The van der Waals surface area contributed by atoms with Gasteiger partial charge in [-0.1, -0.05) is 43.2 Å². The van der Waals surface area contributed by atoms with E-state index in [9.17, 15) is 5.11 Å². The molecule has 0 amide bonds. The Hall–Kier alpha value is -0.940. The van der Waals surface area contributed by atoms with E-state index in [0.29, 0.717) is 12.6 Å². The van der Waals surface area contributed by atoms with E-state index in [1.54, 1.807) is 0 Å². The Kier molecular flexibility index (Phi) is 6.06. The van der Waals surface area contributed by atoms with Crippen LogP contribution in [0.15, 0.2) is 30.3 Å². The highest BCUT2D eigenvalue weighted by Gasteiger charge is 2.37. The quantitative estimate of drug-likeness (QED) is 0.805. The maximum Gasteiger partial charge on any atom is 0.0989 e. The fraction of sp³-hybridized carbons (Fsp3) is 0.684.